The number of imide groups is 1. The molecule has 25 heavy (non-hydrogen) atoms. The summed E-state index contributed by atoms with van der Waals surface area (Å²) in [5.74, 6) is -1.98. The van der Waals surface area contributed by atoms with Crippen LogP contribution in [-0.4, -0.2) is 55.5 Å². The third-order valence-corrected chi connectivity index (χ3v) is 2.54. The van der Waals surface area contributed by atoms with Gasteiger partial charge in [-0.15, -0.1) is 5.10 Å². The lowest BCUT2D eigenvalue weighted by Crippen LogP contribution is -2.42. The van der Waals surface area contributed by atoms with Crippen molar-refractivity contribution < 1.29 is 24.7 Å². The Balaban J connectivity index is 0.000000796. The van der Waals surface area contributed by atoms with Crippen molar-refractivity contribution in [3.8, 4) is 6.07 Å². The predicted molar refractivity (Wildman–Crippen MR) is 83.5 cm³/mol. The lowest BCUT2D eigenvalue weighted by molar-refractivity contribution is -0.137. The van der Waals surface area contributed by atoms with Crippen LogP contribution in [0.3, 0.4) is 0 Å². The van der Waals surface area contributed by atoms with Gasteiger partial charge in [-0.25, -0.2) is 4.79 Å². The molecule has 12 heteroatoms. The number of aliphatic carboxylic acids is 1. The minimum atomic E-state index is -1.10. The largest absolute Gasteiger partial charge is 0.481 e. The second-order valence-corrected chi connectivity index (χ2v) is 4.55. The van der Waals surface area contributed by atoms with E-state index in [2.05, 4.69) is 20.8 Å². The van der Waals surface area contributed by atoms with Crippen molar-refractivity contribution in [3.05, 3.63) is 12.4 Å². The Morgan fingerprint density at radius 3 is 2.48 bits per heavy atom. The molecule has 4 N–H and O–H groups in total. The number of aromatic nitrogens is 3. The molecule has 0 unspecified atom stereocenters. The second-order valence-electron chi connectivity index (χ2n) is 4.55. The molecule has 0 aromatic carbocycles. The van der Waals surface area contributed by atoms with Crippen LogP contribution in [0, 0.1) is 11.3 Å². The lowest BCUT2D eigenvalue weighted by atomic mass is 10.2. The van der Waals surface area contributed by atoms with E-state index < -0.39 is 23.6 Å². The maximum absolute atomic E-state index is 11.1. The van der Waals surface area contributed by atoms with Gasteiger partial charge in [-0.2, -0.15) is 5.26 Å². The SMILES string of the molecule is Cn1ccnn1.N#CC(=NO)C(=O)NC(=O)NCCCCCC(=O)O. The van der Waals surface area contributed by atoms with Crippen molar-refractivity contribution in [3.63, 3.8) is 0 Å². The first kappa shape index (κ1) is 21.5. The van der Waals surface area contributed by atoms with E-state index in [0.29, 0.717) is 19.3 Å². The van der Waals surface area contributed by atoms with Crippen LogP contribution in [0.25, 0.3) is 0 Å². The summed E-state index contributed by atoms with van der Waals surface area (Å²) in [5, 5.41) is 38.6. The number of hydrogen-bond acceptors (Lipinski definition) is 8. The van der Waals surface area contributed by atoms with Crippen LogP contribution in [0.15, 0.2) is 17.5 Å². The summed E-state index contributed by atoms with van der Waals surface area (Å²) in [7, 11) is 1.83. The fourth-order valence-electron chi connectivity index (χ4n) is 1.37. The van der Waals surface area contributed by atoms with Gasteiger partial charge in [-0.05, 0) is 12.8 Å². The zero-order chi connectivity index (χ0) is 19.1. The Kier molecular flexibility index (Phi) is 11.2. The highest BCUT2D eigenvalue weighted by atomic mass is 16.4. The van der Waals surface area contributed by atoms with Gasteiger partial charge in [-0.1, -0.05) is 16.8 Å². The first-order valence-corrected chi connectivity index (χ1v) is 7.14. The highest BCUT2D eigenvalue weighted by Gasteiger charge is 2.14. The Hall–Kier alpha value is -3.49. The van der Waals surface area contributed by atoms with E-state index in [1.807, 2.05) is 7.05 Å². The molecule has 0 spiro atoms. The maximum atomic E-state index is 11.1. The first-order chi connectivity index (χ1) is 11.9. The van der Waals surface area contributed by atoms with Crippen LogP contribution in [0.4, 0.5) is 4.79 Å². The van der Waals surface area contributed by atoms with E-state index in [0.717, 1.165) is 0 Å². The van der Waals surface area contributed by atoms with Gasteiger partial charge in [0.25, 0.3) is 5.91 Å². The van der Waals surface area contributed by atoms with Crippen molar-refractivity contribution in [1.82, 2.24) is 25.6 Å². The number of amides is 3. The summed E-state index contributed by atoms with van der Waals surface area (Å²) in [4.78, 5) is 32.4. The zero-order valence-corrected chi connectivity index (χ0v) is 13.5. The van der Waals surface area contributed by atoms with E-state index in [4.69, 9.17) is 15.6 Å². The monoisotopic (exact) mass is 353 g/mol. The van der Waals surface area contributed by atoms with Crippen LogP contribution in [0.2, 0.25) is 0 Å². The molecule has 0 aliphatic rings. The molecule has 1 heterocycles. The highest BCUT2D eigenvalue weighted by molar-refractivity contribution is 6.46. The Morgan fingerprint density at radius 2 is 2.04 bits per heavy atom. The fraction of sp³-hybridized carbons (Fsp3) is 0.462. The minimum Gasteiger partial charge on any atom is -0.481 e. The van der Waals surface area contributed by atoms with Crippen LogP contribution in [0.5, 0.6) is 0 Å². The van der Waals surface area contributed by atoms with Crippen LogP contribution in [-0.2, 0) is 16.6 Å². The average molecular weight is 353 g/mol. The Labute approximate surface area is 143 Å². The topological polar surface area (TPSA) is 183 Å². The zero-order valence-electron chi connectivity index (χ0n) is 13.5. The fourth-order valence-corrected chi connectivity index (χ4v) is 1.37. The summed E-state index contributed by atoms with van der Waals surface area (Å²) < 4.78 is 1.64. The molecule has 12 nitrogen and oxygen atoms in total. The number of oxime groups is 1. The van der Waals surface area contributed by atoms with Gasteiger partial charge < -0.3 is 15.6 Å². The van der Waals surface area contributed by atoms with E-state index >= 15 is 0 Å². The number of carbonyl (C=O) groups excluding carboxylic acids is 2. The molecule has 0 saturated carbocycles. The Bertz CT molecular complexity index is 621. The standard InChI is InChI=1S/C10H14N4O5.C3H5N3/c11-6-7(14-19)9(17)13-10(18)12-5-3-1-2-4-8(15)16;1-6-3-2-4-5-6/h19H,1-5H2,(H,15,16)(H2,12,13,17,18);2-3H,1H3. The Morgan fingerprint density at radius 1 is 1.32 bits per heavy atom. The van der Waals surface area contributed by atoms with Crippen molar-refractivity contribution in [2.24, 2.45) is 12.2 Å². The maximum Gasteiger partial charge on any atom is 0.321 e. The van der Waals surface area contributed by atoms with Crippen LogP contribution >= 0.6 is 0 Å². The number of carboxylic acids is 1. The lowest BCUT2D eigenvalue weighted by Gasteiger charge is -2.04. The molecular formula is C13H19N7O5. The molecule has 1 aromatic heterocycles. The number of carboxylic acid groups (broad SMARTS) is 1. The summed E-state index contributed by atoms with van der Waals surface area (Å²) in [6, 6.07) is 0.484. The number of nitriles is 1. The number of hydrogen-bond donors (Lipinski definition) is 4. The smallest absolute Gasteiger partial charge is 0.321 e. The van der Waals surface area contributed by atoms with E-state index in [9.17, 15) is 14.4 Å². The number of rotatable bonds is 7. The minimum absolute atomic E-state index is 0.0726. The quantitative estimate of drug-likeness (QED) is 0.221. The number of carbonyl (C=O) groups is 3. The predicted octanol–water partition coefficient (Wildman–Crippen LogP) is -0.374. The number of aryl methyl sites for hydroxylation is 1. The van der Waals surface area contributed by atoms with Crippen LogP contribution < -0.4 is 10.6 Å². The molecule has 0 aliphatic heterocycles. The summed E-state index contributed by atoms with van der Waals surface area (Å²) in [6.07, 6.45) is 5.19. The first-order valence-electron chi connectivity index (χ1n) is 7.14. The van der Waals surface area contributed by atoms with Gasteiger partial charge in [0, 0.05) is 26.2 Å². The highest BCUT2D eigenvalue weighted by Crippen LogP contribution is 1.98. The molecule has 0 atom stereocenters. The third kappa shape index (κ3) is 11.7. The third-order valence-electron chi connectivity index (χ3n) is 2.54. The molecule has 3 amide bonds. The molecule has 0 saturated heterocycles. The molecule has 0 aliphatic carbocycles. The number of unbranched alkanes of at least 4 members (excludes halogenated alkanes) is 2. The molecule has 0 radical (unpaired) electrons. The van der Waals surface area contributed by atoms with Crippen molar-refractivity contribution >= 4 is 23.6 Å². The van der Waals surface area contributed by atoms with E-state index in [1.165, 1.54) is 6.07 Å². The molecule has 1 rings (SSSR count). The molecule has 1 aromatic rings. The summed E-state index contributed by atoms with van der Waals surface area (Å²) in [6.45, 7) is 0.261. The normalized spacial score (nSPS) is 10.0. The van der Waals surface area contributed by atoms with Crippen molar-refractivity contribution in [2.45, 2.75) is 25.7 Å². The number of nitrogens with zero attached hydrogens (tertiary/aromatic N) is 5. The molecule has 0 fully saturated rings. The average Bonchev–Trinajstić information content (AvgIpc) is 3.03. The summed E-state index contributed by atoms with van der Waals surface area (Å²) in [5.41, 5.74) is -0.823. The van der Waals surface area contributed by atoms with Crippen molar-refractivity contribution in [2.75, 3.05) is 6.54 Å². The van der Waals surface area contributed by atoms with Crippen LogP contribution in [0.1, 0.15) is 25.7 Å². The number of nitrogens with one attached hydrogen (secondary N) is 2. The van der Waals surface area contributed by atoms with Gasteiger partial charge in [0.2, 0.25) is 5.71 Å². The molecule has 136 valence electrons. The van der Waals surface area contributed by atoms with Gasteiger partial charge >= 0.3 is 12.0 Å². The van der Waals surface area contributed by atoms with E-state index in [-0.39, 0.29) is 13.0 Å². The van der Waals surface area contributed by atoms with Gasteiger partial charge in [0.05, 0.1) is 6.20 Å². The number of urea groups is 1. The van der Waals surface area contributed by atoms with Gasteiger partial charge in [-0.3, -0.25) is 19.6 Å². The summed E-state index contributed by atoms with van der Waals surface area (Å²) >= 11 is 0. The second kappa shape index (κ2) is 13.0. The molecule has 0 bridgehead atoms. The van der Waals surface area contributed by atoms with Gasteiger partial charge in [0.15, 0.2) is 0 Å². The van der Waals surface area contributed by atoms with Gasteiger partial charge in [0.1, 0.15) is 6.07 Å². The van der Waals surface area contributed by atoms with Crippen molar-refractivity contribution in [1.29, 1.82) is 5.26 Å². The van der Waals surface area contributed by atoms with E-state index in [1.54, 1.807) is 22.4 Å². The molecular weight excluding hydrogens is 334 g/mol.